The van der Waals surface area contributed by atoms with Crippen LogP contribution in [0, 0.1) is 0 Å². The highest BCUT2D eigenvalue weighted by atomic mass is 32.1. The molecule has 0 saturated heterocycles. The van der Waals surface area contributed by atoms with E-state index in [-0.39, 0.29) is 0 Å². The average Bonchev–Trinajstić information content (AvgIpc) is 2.64. The fourth-order valence-corrected chi connectivity index (χ4v) is 3.09. The number of thiol groups is 1. The van der Waals surface area contributed by atoms with E-state index >= 15 is 0 Å². The second-order valence-corrected chi connectivity index (χ2v) is 7.47. The molecule has 0 spiro atoms. The largest absolute Gasteiger partial charge is 0.144 e. The van der Waals surface area contributed by atoms with E-state index in [2.05, 4.69) is 80.2 Å². The van der Waals surface area contributed by atoms with Crippen molar-refractivity contribution in [2.24, 2.45) is 0 Å². The first-order chi connectivity index (χ1) is 11.7. The molecule has 0 aromatic heterocycles. The summed E-state index contributed by atoms with van der Waals surface area (Å²) in [5.41, 5.74) is 4.18. The van der Waals surface area contributed by atoms with Crippen molar-refractivity contribution >= 4 is 28.1 Å². The molecular formula is C22H26SSi. The first-order valence-electron chi connectivity index (χ1n) is 8.60. The molecule has 0 fully saturated rings. The third-order valence-electron chi connectivity index (χ3n) is 4.02. The summed E-state index contributed by atoms with van der Waals surface area (Å²) in [5.74, 6) is 0. The molecule has 124 valence electrons. The van der Waals surface area contributed by atoms with E-state index in [1.807, 2.05) is 18.2 Å². The quantitative estimate of drug-likeness (QED) is 0.513. The van der Waals surface area contributed by atoms with Crippen LogP contribution >= 0.6 is 12.6 Å². The molecule has 0 N–H and O–H groups in total. The predicted molar refractivity (Wildman–Crippen MR) is 114 cm³/mol. The fourth-order valence-electron chi connectivity index (χ4n) is 2.57. The summed E-state index contributed by atoms with van der Waals surface area (Å²) >= 11 is 4.23. The van der Waals surface area contributed by atoms with Gasteiger partial charge in [-0.15, -0.1) is 12.6 Å². The highest BCUT2D eigenvalue weighted by Gasteiger charge is 2.02. The summed E-state index contributed by atoms with van der Waals surface area (Å²) in [6, 6.07) is 27.5. The van der Waals surface area contributed by atoms with Gasteiger partial charge in [-0.2, -0.15) is 0 Å². The Morgan fingerprint density at radius 1 is 0.792 bits per heavy atom. The van der Waals surface area contributed by atoms with Gasteiger partial charge in [0.05, 0.1) is 0 Å². The van der Waals surface area contributed by atoms with Crippen LogP contribution < -0.4 is 5.19 Å². The fraction of sp³-hybridized carbons (Fsp3) is 0.182. The van der Waals surface area contributed by atoms with Gasteiger partial charge >= 0.3 is 0 Å². The Morgan fingerprint density at radius 3 is 2.04 bits per heavy atom. The van der Waals surface area contributed by atoms with Crippen LogP contribution in [0.2, 0.25) is 0 Å². The molecule has 3 rings (SSSR count). The van der Waals surface area contributed by atoms with Crippen molar-refractivity contribution in [2.45, 2.75) is 31.1 Å². The van der Waals surface area contributed by atoms with E-state index in [0.29, 0.717) is 0 Å². The minimum Gasteiger partial charge on any atom is -0.144 e. The van der Waals surface area contributed by atoms with Crippen LogP contribution in [0.15, 0.2) is 83.8 Å². The zero-order chi connectivity index (χ0) is 17.2. The second kappa shape index (κ2) is 10.2. The third kappa shape index (κ3) is 5.70. The smallest absolute Gasteiger partial charge is 0.0399 e. The predicted octanol–water partition coefficient (Wildman–Crippen LogP) is 4.66. The van der Waals surface area contributed by atoms with Gasteiger partial charge < -0.3 is 0 Å². The van der Waals surface area contributed by atoms with Gasteiger partial charge in [-0.1, -0.05) is 91.3 Å². The molecule has 0 atom stereocenters. The Labute approximate surface area is 154 Å². The van der Waals surface area contributed by atoms with Crippen molar-refractivity contribution in [1.29, 1.82) is 0 Å². The van der Waals surface area contributed by atoms with Crippen molar-refractivity contribution in [2.75, 3.05) is 0 Å². The van der Waals surface area contributed by atoms with Crippen molar-refractivity contribution in [3.8, 4) is 11.1 Å². The first-order valence-corrected chi connectivity index (χ1v) is 10.0. The SMILES string of the molecule is CCCCc1ccccc1-c1ccccc1.[SiH3]c1ccccc1S. The lowest BCUT2D eigenvalue weighted by Crippen LogP contribution is -2.01. The number of unbranched alkanes of at least 4 members (excludes halogenated alkanes) is 1. The normalized spacial score (nSPS) is 10.1. The molecule has 0 aliphatic heterocycles. The van der Waals surface area contributed by atoms with E-state index in [4.69, 9.17) is 0 Å². The summed E-state index contributed by atoms with van der Waals surface area (Å²) in [7, 11) is 1.10. The molecule has 0 amide bonds. The summed E-state index contributed by atoms with van der Waals surface area (Å²) < 4.78 is 0. The maximum atomic E-state index is 4.23. The van der Waals surface area contributed by atoms with E-state index in [1.165, 1.54) is 41.1 Å². The lowest BCUT2D eigenvalue weighted by molar-refractivity contribution is 0.796. The standard InChI is InChI=1S/C16H18.C6H8SSi/c1-2-3-9-14-12-7-8-13-16(14)15-10-5-4-6-11-15;7-5-3-1-2-4-6(5)8/h4-8,10-13H,2-3,9H2,1H3;1-4,7H,8H3. The number of rotatable bonds is 4. The van der Waals surface area contributed by atoms with Gasteiger partial charge in [0.2, 0.25) is 0 Å². The monoisotopic (exact) mass is 350 g/mol. The van der Waals surface area contributed by atoms with Crippen molar-refractivity contribution < 1.29 is 0 Å². The zero-order valence-electron chi connectivity index (χ0n) is 14.6. The van der Waals surface area contributed by atoms with Crippen LogP contribution in [0.4, 0.5) is 0 Å². The molecule has 0 saturated carbocycles. The van der Waals surface area contributed by atoms with Gasteiger partial charge in [-0.05, 0) is 35.6 Å². The van der Waals surface area contributed by atoms with Gasteiger partial charge in [0.1, 0.15) is 0 Å². The van der Waals surface area contributed by atoms with Crippen LogP contribution in [-0.4, -0.2) is 10.2 Å². The van der Waals surface area contributed by atoms with Crippen LogP contribution in [-0.2, 0) is 6.42 Å². The maximum absolute atomic E-state index is 4.23. The molecular weight excluding hydrogens is 324 g/mol. The summed E-state index contributed by atoms with van der Waals surface area (Å²) in [6.07, 6.45) is 3.70. The molecule has 24 heavy (non-hydrogen) atoms. The van der Waals surface area contributed by atoms with Crippen LogP contribution in [0.1, 0.15) is 25.3 Å². The molecule has 0 radical (unpaired) electrons. The van der Waals surface area contributed by atoms with E-state index in [9.17, 15) is 0 Å². The van der Waals surface area contributed by atoms with Crippen LogP contribution in [0.3, 0.4) is 0 Å². The Hall–Kier alpha value is -1.77. The number of benzene rings is 3. The molecule has 3 aromatic rings. The third-order valence-corrected chi connectivity index (χ3v) is 5.81. The summed E-state index contributed by atoms with van der Waals surface area (Å²) in [6.45, 7) is 2.24. The van der Waals surface area contributed by atoms with Gasteiger partial charge in [0, 0.05) is 15.1 Å². The molecule has 0 heterocycles. The maximum Gasteiger partial charge on any atom is 0.0399 e. The Morgan fingerprint density at radius 2 is 1.42 bits per heavy atom. The molecule has 0 aliphatic rings. The van der Waals surface area contributed by atoms with Gasteiger partial charge in [0.25, 0.3) is 0 Å². The number of hydrogen-bond donors (Lipinski definition) is 1. The molecule has 0 nitrogen and oxygen atoms in total. The molecule has 3 aromatic carbocycles. The van der Waals surface area contributed by atoms with Gasteiger partial charge in [-0.25, -0.2) is 0 Å². The molecule has 2 heteroatoms. The molecule has 0 unspecified atom stereocenters. The van der Waals surface area contributed by atoms with Crippen molar-refractivity contribution in [3.05, 3.63) is 84.4 Å². The van der Waals surface area contributed by atoms with Gasteiger partial charge in [-0.3, -0.25) is 0 Å². The van der Waals surface area contributed by atoms with E-state index in [0.717, 1.165) is 15.1 Å². The minimum absolute atomic E-state index is 1.10. The lowest BCUT2D eigenvalue weighted by atomic mass is 9.96. The average molecular weight is 351 g/mol. The van der Waals surface area contributed by atoms with Crippen LogP contribution in [0.25, 0.3) is 11.1 Å². The number of aryl methyl sites for hydroxylation is 1. The topological polar surface area (TPSA) is 0 Å². The minimum atomic E-state index is 1.10. The van der Waals surface area contributed by atoms with Crippen molar-refractivity contribution in [1.82, 2.24) is 0 Å². The summed E-state index contributed by atoms with van der Waals surface area (Å²) in [4.78, 5) is 1.12. The Balaban J connectivity index is 0.000000219. The first kappa shape index (κ1) is 18.6. The Kier molecular flexibility index (Phi) is 7.86. The van der Waals surface area contributed by atoms with Gasteiger partial charge in [0.15, 0.2) is 0 Å². The lowest BCUT2D eigenvalue weighted by Gasteiger charge is -2.08. The second-order valence-electron chi connectivity index (χ2n) is 5.91. The highest BCUT2D eigenvalue weighted by Crippen LogP contribution is 2.24. The van der Waals surface area contributed by atoms with E-state index in [1.54, 1.807) is 0 Å². The van der Waals surface area contributed by atoms with Crippen molar-refractivity contribution in [3.63, 3.8) is 0 Å². The summed E-state index contributed by atoms with van der Waals surface area (Å²) in [5, 5.41) is 1.37. The molecule has 0 aliphatic carbocycles. The zero-order valence-corrected chi connectivity index (χ0v) is 17.5. The van der Waals surface area contributed by atoms with E-state index < -0.39 is 0 Å². The highest BCUT2D eigenvalue weighted by molar-refractivity contribution is 7.80. The molecule has 0 bridgehead atoms. The Bertz CT molecular complexity index is 717. The van der Waals surface area contributed by atoms with Crippen LogP contribution in [0.5, 0.6) is 0 Å². The number of hydrogen-bond acceptors (Lipinski definition) is 1.